The molecule has 0 radical (unpaired) electrons. The van der Waals surface area contributed by atoms with E-state index in [0.717, 1.165) is 18.4 Å². The van der Waals surface area contributed by atoms with Crippen LogP contribution >= 0.6 is 0 Å². The molecule has 0 aliphatic rings. The molecule has 1 heterocycles. The third-order valence-electron chi connectivity index (χ3n) is 4.71. The van der Waals surface area contributed by atoms with Crippen LogP contribution in [0.15, 0.2) is 47.3 Å². The van der Waals surface area contributed by atoms with Crippen LogP contribution in [-0.4, -0.2) is 28.8 Å². The molecule has 0 aliphatic carbocycles. The number of carbonyl (C=O) groups excluding carboxylic acids is 2. The van der Waals surface area contributed by atoms with Gasteiger partial charge >= 0.3 is 5.97 Å². The van der Waals surface area contributed by atoms with E-state index in [1.807, 2.05) is 13.8 Å². The first-order valence-electron chi connectivity index (χ1n) is 9.46. The summed E-state index contributed by atoms with van der Waals surface area (Å²) >= 11 is 0. The van der Waals surface area contributed by atoms with Crippen LogP contribution in [0, 0.1) is 6.92 Å². The summed E-state index contributed by atoms with van der Waals surface area (Å²) in [5.74, 6) is -0.936. The van der Waals surface area contributed by atoms with E-state index in [1.54, 1.807) is 42.5 Å². The molecule has 3 rings (SSSR count). The van der Waals surface area contributed by atoms with Gasteiger partial charge in [0.2, 0.25) is 0 Å². The van der Waals surface area contributed by atoms with Gasteiger partial charge in [-0.25, -0.2) is 9.48 Å². The fourth-order valence-corrected chi connectivity index (χ4v) is 3.05. The molecule has 0 unspecified atom stereocenters. The van der Waals surface area contributed by atoms with Gasteiger partial charge in [-0.3, -0.25) is 9.59 Å². The molecular formula is C22H23N3O4. The number of hydrogen-bond donors (Lipinski definition) is 1. The van der Waals surface area contributed by atoms with E-state index in [2.05, 4.69) is 10.4 Å². The zero-order valence-corrected chi connectivity index (χ0v) is 16.7. The van der Waals surface area contributed by atoms with Crippen LogP contribution in [0.2, 0.25) is 0 Å². The summed E-state index contributed by atoms with van der Waals surface area (Å²) in [6.07, 6.45) is 1.69. The topological polar surface area (TPSA) is 90.3 Å². The number of aromatic nitrogens is 2. The average Bonchev–Trinajstić information content (AvgIpc) is 2.74. The van der Waals surface area contributed by atoms with Crippen LogP contribution in [0.25, 0.3) is 10.8 Å². The Morgan fingerprint density at radius 2 is 1.86 bits per heavy atom. The van der Waals surface area contributed by atoms with Crippen molar-refractivity contribution in [3.8, 4) is 0 Å². The summed E-state index contributed by atoms with van der Waals surface area (Å²) in [4.78, 5) is 37.6. The number of methoxy groups -OCH3 is 1. The number of aryl methyl sites for hydroxylation is 2. The summed E-state index contributed by atoms with van der Waals surface area (Å²) in [7, 11) is 1.30. The number of ether oxygens (including phenoxy) is 1. The van der Waals surface area contributed by atoms with E-state index < -0.39 is 11.9 Å². The van der Waals surface area contributed by atoms with Crippen molar-refractivity contribution in [1.82, 2.24) is 9.78 Å². The van der Waals surface area contributed by atoms with E-state index in [-0.39, 0.29) is 11.3 Å². The van der Waals surface area contributed by atoms with Gasteiger partial charge in [-0.15, -0.1) is 0 Å². The molecule has 0 bridgehead atoms. The molecule has 7 heteroatoms. The number of esters is 1. The Morgan fingerprint density at radius 3 is 2.55 bits per heavy atom. The minimum absolute atomic E-state index is 0.166. The van der Waals surface area contributed by atoms with Crippen molar-refractivity contribution in [1.29, 1.82) is 0 Å². The Kier molecular flexibility index (Phi) is 6.07. The van der Waals surface area contributed by atoms with E-state index in [4.69, 9.17) is 4.74 Å². The highest BCUT2D eigenvalue weighted by molar-refractivity contribution is 6.11. The molecular weight excluding hydrogens is 370 g/mol. The van der Waals surface area contributed by atoms with Crippen LogP contribution < -0.4 is 10.9 Å². The van der Waals surface area contributed by atoms with E-state index in [9.17, 15) is 14.4 Å². The third-order valence-corrected chi connectivity index (χ3v) is 4.71. The molecule has 1 aromatic heterocycles. The Hall–Kier alpha value is -3.48. The Labute approximate surface area is 168 Å². The fourth-order valence-electron chi connectivity index (χ4n) is 3.05. The van der Waals surface area contributed by atoms with Crippen molar-refractivity contribution in [2.24, 2.45) is 0 Å². The molecule has 0 saturated carbocycles. The number of rotatable bonds is 6. The van der Waals surface area contributed by atoms with Crippen molar-refractivity contribution in [2.75, 3.05) is 12.4 Å². The largest absolute Gasteiger partial charge is 0.465 e. The van der Waals surface area contributed by atoms with Crippen molar-refractivity contribution >= 4 is 28.3 Å². The van der Waals surface area contributed by atoms with E-state index >= 15 is 0 Å². The molecule has 1 N–H and O–H groups in total. The quantitative estimate of drug-likeness (QED) is 0.647. The van der Waals surface area contributed by atoms with Crippen LogP contribution in [0.4, 0.5) is 5.69 Å². The van der Waals surface area contributed by atoms with Crippen LogP contribution in [0.5, 0.6) is 0 Å². The van der Waals surface area contributed by atoms with Crippen molar-refractivity contribution in [3.05, 3.63) is 69.6 Å². The lowest BCUT2D eigenvalue weighted by molar-refractivity contribution is 0.0600. The molecule has 1 amide bonds. The Balaban J connectivity index is 2.04. The highest BCUT2D eigenvalue weighted by Crippen LogP contribution is 2.20. The minimum Gasteiger partial charge on any atom is -0.465 e. The first-order chi connectivity index (χ1) is 14.0. The molecule has 2 aromatic carbocycles. The summed E-state index contributed by atoms with van der Waals surface area (Å²) < 4.78 is 6.09. The van der Waals surface area contributed by atoms with Crippen molar-refractivity contribution < 1.29 is 14.3 Å². The normalized spacial score (nSPS) is 10.7. The van der Waals surface area contributed by atoms with Crippen molar-refractivity contribution in [3.63, 3.8) is 0 Å². The number of carbonyl (C=O) groups is 2. The van der Waals surface area contributed by atoms with Crippen LogP contribution in [0.1, 0.15) is 46.2 Å². The zero-order valence-electron chi connectivity index (χ0n) is 16.7. The molecule has 0 aliphatic heterocycles. The maximum Gasteiger partial charge on any atom is 0.337 e. The minimum atomic E-state index is -0.489. The summed E-state index contributed by atoms with van der Waals surface area (Å²) in [5, 5.41) is 8.09. The Bertz CT molecular complexity index is 1130. The highest BCUT2D eigenvalue weighted by atomic mass is 16.5. The molecule has 7 nitrogen and oxygen atoms in total. The number of benzene rings is 2. The van der Waals surface area contributed by atoms with Gasteiger partial charge in [-0.1, -0.05) is 37.6 Å². The highest BCUT2D eigenvalue weighted by Gasteiger charge is 2.18. The molecule has 29 heavy (non-hydrogen) atoms. The number of nitrogens with one attached hydrogen (secondary N) is 1. The molecule has 3 aromatic rings. The standard InChI is InChI=1S/C22H23N3O4/c1-4-5-12-25-21(27)17-9-7-6-8-16(17)19(24-25)20(26)23-18-13-15(22(28)29-3)11-10-14(18)2/h6-11,13H,4-5,12H2,1-3H3,(H,23,26). The van der Waals surface area contributed by atoms with Gasteiger partial charge in [0, 0.05) is 17.6 Å². The molecule has 0 spiro atoms. The van der Waals surface area contributed by atoms with Gasteiger partial charge < -0.3 is 10.1 Å². The predicted octanol–water partition coefficient (Wildman–Crippen LogP) is 3.54. The number of nitrogens with zero attached hydrogens (tertiary/aromatic N) is 2. The predicted molar refractivity (Wildman–Crippen MR) is 111 cm³/mol. The summed E-state index contributed by atoms with van der Waals surface area (Å²) in [6, 6.07) is 11.9. The van der Waals surface area contributed by atoms with Gasteiger partial charge in [0.25, 0.3) is 11.5 Å². The monoisotopic (exact) mass is 393 g/mol. The third kappa shape index (κ3) is 4.18. The van der Waals surface area contributed by atoms with Gasteiger partial charge in [-0.05, 0) is 37.1 Å². The smallest absolute Gasteiger partial charge is 0.337 e. The molecule has 0 fully saturated rings. The maximum absolute atomic E-state index is 13.1. The van der Waals surface area contributed by atoms with E-state index in [0.29, 0.717) is 28.6 Å². The first-order valence-corrected chi connectivity index (χ1v) is 9.46. The van der Waals surface area contributed by atoms with Gasteiger partial charge in [-0.2, -0.15) is 5.10 Å². The summed E-state index contributed by atoms with van der Waals surface area (Å²) in [5.41, 5.74) is 1.55. The second kappa shape index (κ2) is 8.68. The summed E-state index contributed by atoms with van der Waals surface area (Å²) in [6.45, 7) is 4.29. The first kappa shape index (κ1) is 20.3. The molecule has 0 saturated heterocycles. The second-order valence-electron chi connectivity index (χ2n) is 6.75. The van der Waals surface area contributed by atoms with Gasteiger partial charge in [0.15, 0.2) is 5.69 Å². The lowest BCUT2D eigenvalue weighted by atomic mass is 10.1. The second-order valence-corrected chi connectivity index (χ2v) is 6.75. The molecule has 150 valence electrons. The molecule has 0 atom stereocenters. The average molecular weight is 393 g/mol. The van der Waals surface area contributed by atoms with Gasteiger partial charge in [0.05, 0.1) is 18.1 Å². The van der Waals surface area contributed by atoms with E-state index in [1.165, 1.54) is 11.8 Å². The number of anilines is 1. The number of fused-ring (bicyclic) bond motifs is 1. The van der Waals surface area contributed by atoms with Gasteiger partial charge in [0.1, 0.15) is 0 Å². The van der Waals surface area contributed by atoms with Crippen LogP contribution in [0.3, 0.4) is 0 Å². The number of amides is 1. The van der Waals surface area contributed by atoms with Crippen LogP contribution in [-0.2, 0) is 11.3 Å². The lowest BCUT2D eigenvalue weighted by Crippen LogP contribution is -2.28. The van der Waals surface area contributed by atoms with Crippen molar-refractivity contribution in [2.45, 2.75) is 33.2 Å². The number of unbranched alkanes of at least 4 members (excludes halogenated alkanes) is 1. The lowest BCUT2D eigenvalue weighted by Gasteiger charge is -2.13. The Morgan fingerprint density at radius 1 is 1.14 bits per heavy atom. The SMILES string of the molecule is CCCCn1nc(C(=O)Nc2cc(C(=O)OC)ccc2C)c2ccccc2c1=O. The number of hydrogen-bond acceptors (Lipinski definition) is 5. The maximum atomic E-state index is 13.1. The zero-order chi connectivity index (χ0) is 21.0. The fraction of sp³-hybridized carbons (Fsp3) is 0.273.